The zero-order chi connectivity index (χ0) is 18.9. The molecule has 138 valence electrons. The Hall–Kier alpha value is -2.07. The molecule has 26 heavy (non-hydrogen) atoms. The van der Waals surface area contributed by atoms with Gasteiger partial charge >= 0.3 is 5.97 Å². The lowest BCUT2D eigenvalue weighted by atomic mass is 9.75. The molecule has 0 N–H and O–H groups in total. The molecule has 1 aromatic heterocycles. The molecule has 4 nitrogen and oxygen atoms in total. The standard InChI is InChI=1S/C21H24ClNO3/c1-21(2)9-5-6-17(21)15-10-13(20(24)26-4)7-8-14(15)16-11-19(25-3)23-12-18(16)22/h7-8,10-12,17H,5-6,9H2,1-4H3. The van der Waals surface area contributed by atoms with E-state index in [1.807, 2.05) is 18.2 Å². The van der Waals surface area contributed by atoms with E-state index in [1.54, 1.807) is 19.4 Å². The van der Waals surface area contributed by atoms with Crippen molar-refractivity contribution in [2.24, 2.45) is 5.41 Å². The number of methoxy groups -OCH3 is 2. The molecule has 1 unspecified atom stereocenters. The molecule has 0 aliphatic heterocycles. The van der Waals surface area contributed by atoms with Gasteiger partial charge in [0.05, 0.1) is 31.0 Å². The number of carbonyl (C=O) groups excluding carboxylic acids is 1. The number of ether oxygens (including phenoxy) is 2. The van der Waals surface area contributed by atoms with E-state index in [-0.39, 0.29) is 11.4 Å². The summed E-state index contributed by atoms with van der Waals surface area (Å²) in [6.45, 7) is 4.57. The van der Waals surface area contributed by atoms with Crippen LogP contribution in [-0.4, -0.2) is 25.2 Å². The Morgan fingerprint density at radius 3 is 2.62 bits per heavy atom. The lowest BCUT2D eigenvalue weighted by Crippen LogP contribution is -2.17. The molecule has 0 amide bonds. The fraction of sp³-hybridized carbons (Fsp3) is 0.429. The maximum atomic E-state index is 12.1. The van der Waals surface area contributed by atoms with Gasteiger partial charge in [0.2, 0.25) is 5.88 Å². The number of halogens is 1. The molecule has 0 spiro atoms. The van der Waals surface area contributed by atoms with Crippen LogP contribution < -0.4 is 4.74 Å². The first-order valence-corrected chi connectivity index (χ1v) is 9.17. The molecule has 5 heteroatoms. The summed E-state index contributed by atoms with van der Waals surface area (Å²) in [7, 11) is 2.99. The van der Waals surface area contributed by atoms with E-state index in [0.29, 0.717) is 22.4 Å². The van der Waals surface area contributed by atoms with E-state index in [0.717, 1.165) is 29.5 Å². The third-order valence-electron chi connectivity index (χ3n) is 5.43. The lowest BCUT2D eigenvalue weighted by molar-refractivity contribution is 0.0600. The first kappa shape index (κ1) is 18.7. The highest BCUT2D eigenvalue weighted by Gasteiger charge is 2.37. The molecule has 1 aromatic carbocycles. The van der Waals surface area contributed by atoms with Crippen molar-refractivity contribution >= 4 is 17.6 Å². The molecule has 0 bridgehead atoms. The SMILES string of the molecule is COC(=O)c1ccc(-c2cc(OC)ncc2Cl)c(C2CCCC2(C)C)c1. The summed E-state index contributed by atoms with van der Waals surface area (Å²) in [6.07, 6.45) is 5.03. The van der Waals surface area contributed by atoms with E-state index in [9.17, 15) is 4.79 Å². The van der Waals surface area contributed by atoms with Gasteiger partial charge in [-0.1, -0.05) is 37.9 Å². The molecule has 1 aliphatic rings. The van der Waals surface area contributed by atoms with Crippen LogP contribution in [-0.2, 0) is 4.74 Å². The predicted octanol–water partition coefficient (Wildman–Crippen LogP) is 5.49. The lowest BCUT2D eigenvalue weighted by Gasteiger charge is -2.29. The monoisotopic (exact) mass is 373 g/mol. The number of hydrogen-bond acceptors (Lipinski definition) is 4. The molecule has 1 saturated carbocycles. The van der Waals surface area contributed by atoms with Gasteiger partial charge in [-0.3, -0.25) is 0 Å². The van der Waals surface area contributed by atoms with E-state index in [1.165, 1.54) is 13.5 Å². The molecule has 0 saturated heterocycles. The second kappa shape index (κ2) is 7.28. The second-order valence-electron chi connectivity index (χ2n) is 7.43. The molecular formula is C21H24ClNO3. The molecule has 0 radical (unpaired) electrons. The normalized spacial score (nSPS) is 18.6. The van der Waals surface area contributed by atoms with Crippen LogP contribution in [0.3, 0.4) is 0 Å². The Labute approximate surface area is 159 Å². The number of rotatable bonds is 4. The highest BCUT2D eigenvalue weighted by atomic mass is 35.5. The zero-order valence-corrected chi connectivity index (χ0v) is 16.4. The van der Waals surface area contributed by atoms with E-state index in [4.69, 9.17) is 21.1 Å². The summed E-state index contributed by atoms with van der Waals surface area (Å²) in [5.74, 6) is 0.530. The van der Waals surface area contributed by atoms with Crippen molar-refractivity contribution in [2.45, 2.75) is 39.0 Å². The molecule has 1 heterocycles. The average Bonchev–Trinajstić information content (AvgIpc) is 3.00. The zero-order valence-electron chi connectivity index (χ0n) is 15.6. The number of pyridine rings is 1. The van der Waals surface area contributed by atoms with Crippen molar-refractivity contribution in [3.05, 3.63) is 46.6 Å². The summed E-state index contributed by atoms with van der Waals surface area (Å²) >= 11 is 6.46. The molecule has 1 fully saturated rings. The molecule has 2 aromatic rings. The van der Waals surface area contributed by atoms with Crippen molar-refractivity contribution in [1.29, 1.82) is 0 Å². The minimum Gasteiger partial charge on any atom is -0.481 e. The number of carbonyl (C=O) groups is 1. The van der Waals surface area contributed by atoms with Crippen molar-refractivity contribution in [3.63, 3.8) is 0 Å². The van der Waals surface area contributed by atoms with Crippen molar-refractivity contribution < 1.29 is 14.3 Å². The first-order valence-electron chi connectivity index (χ1n) is 8.79. The first-order chi connectivity index (χ1) is 12.4. The summed E-state index contributed by atoms with van der Waals surface area (Å²) < 4.78 is 10.2. The largest absolute Gasteiger partial charge is 0.481 e. The van der Waals surface area contributed by atoms with Gasteiger partial charge in [0, 0.05) is 11.6 Å². The summed E-state index contributed by atoms with van der Waals surface area (Å²) in [5, 5.41) is 0.564. The van der Waals surface area contributed by atoms with Crippen LogP contribution in [0.2, 0.25) is 5.02 Å². The van der Waals surface area contributed by atoms with Crippen LogP contribution in [0.15, 0.2) is 30.5 Å². The van der Waals surface area contributed by atoms with E-state index >= 15 is 0 Å². The van der Waals surface area contributed by atoms with Crippen LogP contribution in [0.25, 0.3) is 11.1 Å². The number of aromatic nitrogens is 1. The maximum absolute atomic E-state index is 12.1. The number of benzene rings is 1. The molecule has 1 atom stereocenters. The van der Waals surface area contributed by atoms with Gasteiger partial charge in [-0.15, -0.1) is 0 Å². The van der Waals surface area contributed by atoms with Gasteiger partial charge in [0.25, 0.3) is 0 Å². The molecule has 3 rings (SSSR count). The Balaban J connectivity index is 2.20. The Kier molecular flexibility index (Phi) is 5.24. The van der Waals surface area contributed by atoms with Gasteiger partial charge in [0.1, 0.15) is 0 Å². The van der Waals surface area contributed by atoms with E-state index in [2.05, 4.69) is 18.8 Å². The fourth-order valence-electron chi connectivity index (χ4n) is 3.98. The number of nitrogens with zero attached hydrogens (tertiary/aromatic N) is 1. The van der Waals surface area contributed by atoms with Gasteiger partial charge in [-0.2, -0.15) is 0 Å². The summed E-state index contributed by atoms with van der Waals surface area (Å²) in [6, 6.07) is 7.55. The Morgan fingerprint density at radius 1 is 1.23 bits per heavy atom. The number of esters is 1. The Bertz CT molecular complexity index is 832. The van der Waals surface area contributed by atoms with Gasteiger partial charge in [0.15, 0.2) is 0 Å². The van der Waals surface area contributed by atoms with Crippen molar-refractivity contribution in [3.8, 4) is 17.0 Å². The minimum absolute atomic E-state index is 0.160. The third kappa shape index (κ3) is 3.43. The highest BCUT2D eigenvalue weighted by molar-refractivity contribution is 6.33. The van der Waals surface area contributed by atoms with Crippen LogP contribution >= 0.6 is 11.6 Å². The minimum atomic E-state index is -0.327. The van der Waals surface area contributed by atoms with Crippen LogP contribution in [0.5, 0.6) is 5.88 Å². The smallest absolute Gasteiger partial charge is 0.337 e. The van der Waals surface area contributed by atoms with E-state index < -0.39 is 0 Å². The highest BCUT2D eigenvalue weighted by Crippen LogP contribution is 2.51. The van der Waals surface area contributed by atoms with Gasteiger partial charge in [-0.25, -0.2) is 9.78 Å². The quantitative estimate of drug-likeness (QED) is 0.665. The van der Waals surface area contributed by atoms with Gasteiger partial charge < -0.3 is 9.47 Å². The maximum Gasteiger partial charge on any atom is 0.337 e. The number of hydrogen-bond donors (Lipinski definition) is 0. The summed E-state index contributed by atoms with van der Waals surface area (Å²) in [4.78, 5) is 16.2. The van der Waals surface area contributed by atoms with Crippen LogP contribution in [0.1, 0.15) is 54.9 Å². The molecule has 1 aliphatic carbocycles. The summed E-state index contributed by atoms with van der Waals surface area (Å²) in [5.41, 5.74) is 3.74. The molecular weight excluding hydrogens is 350 g/mol. The van der Waals surface area contributed by atoms with Gasteiger partial charge in [-0.05, 0) is 47.4 Å². The predicted molar refractivity (Wildman–Crippen MR) is 103 cm³/mol. The van der Waals surface area contributed by atoms with Crippen LogP contribution in [0, 0.1) is 5.41 Å². The second-order valence-corrected chi connectivity index (χ2v) is 7.84. The topological polar surface area (TPSA) is 48.4 Å². The third-order valence-corrected chi connectivity index (χ3v) is 5.74. The fourth-order valence-corrected chi connectivity index (χ4v) is 4.19. The Morgan fingerprint density at radius 2 is 2.00 bits per heavy atom. The van der Waals surface area contributed by atoms with Crippen molar-refractivity contribution in [1.82, 2.24) is 4.98 Å². The van der Waals surface area contributed by atoms with Crippen molar-refractivity contribution in [2.75, 3.05) is 14.2 Å². The average molecular weight is 374 g/mol. The van der Waals surface area contributed by atoms with Crippen LogP contribution in [0.4, 0.5) is 0 Å².